The number of hydrogen-bond acceptors (Lipinski definition) is 4. The molecule has 4 amide bonds. The summed E-state index contributed by atoms with van der Waals surface area (Å²) in [5.74, 6) is -0.776. The lowest BCUT2D eigenvalue weighted by Crippen LogP contribution is -2.47. The van der Waals surface area contributed by atoms with Crippen LogP contribution in [0, 0.1) is 0 Å². The van der Waals surface area contributed by atoms with E-state index in [4.69, 9.17) is 0 Å². The molecule has 0 aromatic heterocycles. The van der Waals surface area contributed by atoms with Crippen LogP contribution in [0.2, 0.25) is 0 Å². The Balaban J connectivity index is 2.37. The highest BCUT2D eigenvalue weighted by Crippen LogP contribution is 2.15. The molecule has 1 aliphatic rings. The summed E-state index contributed by atoms with van der Waals surface area (Å²) in [5.41, 5.74) is 4.49. The zero-order valence-corrected chi connectivity index (χ0v) is 11.2. The molecule has 19 heavy (non-hydrogen) atoms. The molecule has 1 rings (SSSR count). The van der Waals surface area contributed by atoms with Crippen molar-refractivity contribution in [3.63, 3.8) is 0 Å². The van der Waals surface area contributed by atoms with Crippen LogP contribution in [0.3, 0.4) is 0 Å². The van der Waals surface area contributed by atoms with Crippen LogP contribution in [-0.2, 0) is 9.59 Å². The van der Waals surface area contributed by atoms with Crippen LogP contribution in [0.25, 0.3) is 0 Å². The smallest absolute Gasteiger partial charge is 0.311 e. The number of urea groups is 1. The van der Waals surface area contributed by atoms with Crippen molar-refractivity contribution in [2.24, 2.45) is 0 Å². The van der Waals surface area contributed by atoms with Crippen LogP contribution in [-0.4, -0.2) is 52.1 Å². The summed E-state index contributed by atoms with van der Waals surface area (Å²) in [6.07, 6.45) is 1.61. The fourth-order valence-corrected chi connectivity index (χ4v) is 1.79. The van der Waals surface area contributed by atoms with Gasteiger partial charge in [-0.15, -0.1) is 0 Å². The highest BCUT2D eigenvalue weighted by molar-refractivity contribution is 5.86. The quantitative estimate of drug-likeness (QED) is 0.478. The first kappa shape index (κ1) is 15.2. The largest absolute Gasteiger partial charge is 0.344 e. The molecule has 1 unspecified atom stereocenters. The van der Waals surface area contributed by atoms with Gasteiger partial charge in [0.05, 0.1) is 6.04 Å². The van der Waals surface area contributed by atoms with Gasteiger partial charge in [-0.25, -0.2) is 9.86 Å². The number of carbonyl (C=O) groups is 3. The minimum Gasteiger partial charge on any atom is -0.311 e. The van der Waals surface area contributed by atoms with Gasteiger partial charge < -0.3 is 4.90 Å². The first-order valence-electron chi connectivity index (χ1n) is 6.34. The minimum atomic E-state index is -0.595. The van der Waals surface area contributed by atoms with Gasteiger partial charge in [0.15, 0.2) is 0 Å². The van der Waals surface area contributed by atoms with Crippen LogP contribution in [0.1, 0.15) is 33.1 Å². The Labute approximate surface area is 111 Å². The molecule has 0 radical (unpaired) electrons. The van der Waals surface area contributed by atoms with E-state index in [0.717, 1.165) is 0 Å². The Bertz CT molecular complexity index is 361. The Morgan fingerprint density at radius 3 is 2.47 bits per heavy atom. The molecule has 1 heterocycles. The summed E-state index contributed by atoms with van der Waals surface area (Å²) in [7, 11) is 0. The van der Waals surface area contributed by atoms with Crippen molar-refractivity contribution in [3.05, 3.63) is 0 Å². The van der Waals surface area contributed by atoms with Crippen molar-refractivity contribution in [2.75, 3.05) is 13.1 Å². The predicted octanol–water partition coefficient (Wildman–Crippen LogP) is -0.161. The number of hydroxylamine groups is 2. The Morgan fingerprint density at radius 2 is 1.95 bits per heavy atom. The van der Waals surface area contributed by atoms with Gasteiger partial charge in [0.1, 0.15) is 6.54 Å². The summed E-state index contributed by atoms with van der Waals surface area (Å²) in [4.78, 5) is 35.5. The highest BCUT2D eigenvalue weighted by Gasteiger charge is 2.36. The lowest BCUT2D eigenvalue weighted by atomic mass is 10.2. The second kappa shape index (κ2) is 6.93. The number of nitrogens with one attached hydrogen (secondary N) is 2. The third-order valence-corrected chi connectivity index (χ3v) is 2.87. The lowest BCUT2D eigenvalue weighted by molar-refractivity contribution is -0.129. The number of hydrazine groups is 1. The van der Waals surface area contributed by atoms with E-state index in [1.54, 1.807) is 0 Å². The third kappa shape index (κ3) is 4.09. The van der Waals surface area contributed by atoms with Crippen LogP contribution < -0.4 is 10.9 Å². The van der Waals surface area contributed by atoms with Crippen molar-refractivity contribution in [1.82, 2.24) is 20.8 Å². The second-order valence-electron chi connectivity index (χ2n) is 4.42. The number of carbonyl (C=O) groups excluding carboxylic acids is 3. The summed E-state index contributed by atoms with van der Waals surface area (Å²) in [6, 6.07) is -0.892. The molecule has 108 valence electrons. The Morgan fingerprint density at radius 1 is 1.32 bits per heavy atom. The van der Waals surface area contributed by atoms with E-state index in [2.05, 4.69) is 10.9 Å². The molecule has 0 aromatic carbocycles. The summed E-state index contributed by atoms with van der Waals surface area (Å²) < 4.78 is 0. The molecular formula is C11H20N4O4. The van der Waals surface area contributed by atoms with Gasteiger partial charge in [-0.2, -0.15) is 0 Å². The maximum Gasteiger partial charge on any atom is 0.344 e. The molecule has 8 nitrogen and oxygen atoms in total. The molecule has 0 saturated carbocycles. The normalized spacial score (nSPS) is 18.7. The molecule has 0 bridgehead atoms. The van der Waals surface area contributed by atoms with E-state index in [-0.39, 0.29) is 18.5 Å². The average molecular weight is 272 g/mol. The lowest BCUT2D eigenvalue weighted by Gasteiger charge is -2.14. The van der Waals surface area contributed by atoms with Gasteiger partial charge in [-0.3, -0.25) is 25.6 Å². The van der Waals surface area contributed by atoms with Gasteiger partial charge in [-0.05, 0) is 12.8 Å². The van der Waals surface area contributed by atoms with Crippen molar-refractivity contribution in [3.8, 4) is 0 Å². The summed E-state index contributed by atoms with van der Waals surface area (Å²) in [6.45, 7) is 3.79. The molecule has 8 heteroatoms. The Kier molecular flexibility index (Phi) is 5.56. The van der Waals surface area contributed by atoms with Gasteiger partial charge in [-0.1, -0.05) is 13.8 Å². The van der Waals surface area contributed by atoms with Crippen LogP contribution in [0.15, 0.2) is 0 Å². The first-order valence-corrected chi connectivity index (χ1v) is 6.34. The first-order chi connectivity index (χ1) is 8.99. The molecule has 0 aliphatic carbocycles. The molecule has 3 N–H and O–H groups in total. The van der Waals surface area contributed by atoms with Gasteiger partial charge >= 0.3 is 6.03 Å². The molecule has 1 fully saturated rings. The average Bonchev–Trinajstić information content (AvgIpc) is 2.64. The predicted molar refractivity (Wildman–Crippen MR) is 65.9 cm³/mol. The number of hydrogen-bond donors (Lipinski definition) is 3. The highest BCUT2D eigenvalue weighted by atomic mass is 16.5. The van der Waals surface area contributed by atoms with E-state index >= 15 is 0 Å². The number of amides is 4. The number of rotatable bonds is 5. The molecule has 0 spiro atoms. The maximum absolute atomic E-state index is 11.6. The molecule has 0 aromatic rings. The van der Waals surface area contributed by atoms with E-state index in [1.807, 2.05) is 13.8 Å². The van der Waals surface area contributed by atoms with E-state index in [0.29, 0.717) is 30.9 Å². The van der Waals surface area contributed by atoms with Crippen molar-refractivity contribution >= 4 is 17.8 Å². The topological polar surface area (TPSA) is 102 Å². The van der Waals surface area contributed by atoms with Crippen LogP contribution in [0.5, 0.6) is 0 Å². The Hall–Kier alpha value is -1.83. The molecule has 1 saturated heterocycles. The van der Waals surface area contributed by atoms with Crippen LogP contribution in [0.4, 0.5) is 4.79 Å². The monoisotopic (exact) mass is 272 g/mol. The van der Waals surface area contributed by atoms with Crippen LogP contribution >= 0.6 is 0 Å². The van der Waals surface area contributed by atoms with E-state index in [1.165, 1.54) is 4.90 Å². The molecular weight excluding hydrogens is 252 g/mol. The fourth-order valence-electron chi connectivity index (χ4n) is 1.79. The van der Waals surface area contributed by atoms with Crippen molar-refractivity contribution < 1.29 is 19.6 Å². The minimum absolute atomic E-state index is 0.196. The SMILES string of the molecule is CCCC(=O)NNC(=O)CN1CC(CC)N(O)C1=O. The maximum atomic E-state index is 11.6. The van der Waals surface area contributed by atoms with Gasteiger partial charge in [0.25, 0.3) is 5.91 Å². The van der Waals surface area contributed by atoms with Gasteiger partial charge in [0, 0.05) is 13.0 Å². The molecule has 1 atom stereocenters. The zero-order chi connectivity index (χ0) is 14.4. The second-order valence-corrected chi connectivity index (χ2v) is 4.42. The summed E-state index contributed by atoms with van der Waals surface area (Å²) >= 11 is 0. The zero-order valence-electron chi connectivity index (χ0n) is 11.2. The third-order valence-electron chi connectivity index (χ3n) is 2.87. The van der Waals surface area contributed by atoms with Crippen molar-refractivity contribution in [1.29, 1.82) is 0 Å². The van der Waals surface area contributed by atoms with E-state index in [9.17, 15) is 19.6 Å². The van der Waals surface area contributed by atoms with Crippen molar-refractivity contribution in [2.45, 2.75) is 39.2 Å². The standard InChI is InChI=1S/C11H20N4O4/c1-3-5-9(16)12-13-10(17)7-14-6-8(4-2)15(19)11(14)18/h8,19H,3-7H2,1-2H3,(H,12,16)(H,13,17). The number of nitrogens with zero attached hydrogens (tertiary/aromatic N) is 2. The van der Waals surface area contributed by atoms with E-state index < -0.39 is 11.9 Å². The van der Waals surface area contributed by atoms with Gasteiger partial charge in [0.2, 0.25) is 5.91 Å². The summed E-state index contributed by atoms with van der Waals surface area (Å²) in [5, 5.41) is 10.1. The molecule has 1 aliphatic heterocycles. The fraction of sp³-hybridized carbons (Fsp3) is 0.727.